The zero-order valence-electron chi connectivity index (χ0n) is 10.3. The van der Waals surface area contributed by atoms with Gasteiger partial charge in [0.05, 0.1) is 17.0 Å². The summed E-state index contributed by atoms with van der Waals surface area (Å²) in [6.07, 6.45) is 3.08. The molecule has 1 aromatic rings. The maximum absolute atomic E-state index is 12.1. The van der Waals surface area contributed by atoms with Gasteiger partial charge >= 0.3 is 5.97 Å². The van der Waals surface area contributed by atoms with E-state index in [1.807, 2.05) is 0 Å². The molecule has 0 radical (unpaired) electrons. The molecule has 1 aliphatic carbocycles. The molecule has 1 amide bonds. The molecule has 0 aromatic carbocycles. The average molecular weight is 249 g/mol. The second kappa shape index (κ2) is 4.72. The highest BCUT2D eigenvalue weighted by atomic mass is 16.4. The summed E-state index contributed by atoms with van der Waals surface area (Å²) < 4.78 is 0. The van der Waals surface area contributed by atoms with Gasteiger partial charge in [0.1, 0.15) is 12.4 Å². The van der Waals surface area contributed by atoms with Crippen molar-refractivity contribution < 1.29 is 14.7 Å². The molecule has 0 saturated heterocycles. The second-order valence-corrected chi connectivity index (χ2v) is 4.55. The molecule has 2 rings (SSSR count). The predicted molar refractivity (Wildman–Crippen MR) is 63.1 cm³/mol. The van der Waals surface area contributed by atoms with Crippen molar-refractivity contribution >= 4 is 11.9 Å². The fourth-order valence-corrected chi connectivity index (χ4v) is 1.95. The van der Waals surface area contributed by atoms with Gasteiger partial charge in [0.2, 0.25) is 0 Å². The van der Waals surface area contributed by atoms with Gasteiger partial charge < -0.3 is 10.4 Å². The van der Waals surface area contributed by atoms with Crippen LogP contribution in [0.15, 0.2) is 6.33 Å². The van der Waals surface area contributed by atoms with Gasteiger partial charge in [-0.1, -0.05) is 0 Å². The van der Waals surface area contributed by atoms with Crippen LogP contribution in [0.2, 0.25) is 0 Å². The molecule has 0 unspecified atom stereocenters. The van der Waals surface area contributed by atoms with Crippen LogP contribution in [0.25, 0.3) is 0 Å². The van der Waals surface area contributed by atoms with Gasteiger partial charge in [-0.2, -0.15) is 0 Å². The topological polar surface area (TPSA) is 92.2 Å². The molecule has 18 heavy (non-hydrogen) atoms. The Balaban J connectivity index is 2.18. The first-order valence-electron chi connectivity index (χ1n) is 5.82. The Hall–Kier alpha value is -1.98. The Labute approximate surface area is 104 Å². The SMILES string of the molecule is Cc1ncnc(C)c1C(=O)N[C@H](C(=O)O)C1CC1. The first-order chi connectivity index (χ1) is 8.50. The quantitative estimate of drug-likeness (QED) is 0.818. The monoisotopic (exact) mass is 249 g/mol. The van der Waals surface area contributed by atoms with E-state index < -0.39 is 17.9 Å². The lowest BCUT2D eigenvalue weighted by molar-refractivity contribution is -0.139. The molecule has 1 aromatic heterocycles. The number of aryl methyl sites for hydroxylation is 2. The number of rotatable bonds is 4. The first kappa shape index (κ1) is 12.5. The van der Waals surface area contributed by atoms with Gasteiger partial charge in [-0.05, 0) is 32.6 Å². The minimum Gasteiger partial charge on any atom is -0.480 e. The van der Waals surface area contributed by atoms with Crippen molar-refractivity contribution in [3.05, 3.63) is 23.3 Å². The average Bonchev–Trinajstić information content (AvgIpc) is 3.09. The molecule has 6 nitrogen and oxygen atoms in total. The van der Waals surface area contributed by atoms with Crippen LogP contribution < -0.4 is 5.32 Å². The van der Waals surface area contributed by atoms with E-state index in [4.69, 9.17) is 5.11 Å². The Morgan fingerprint density at radius 1 is 1.33 bits per heavy atom. The van der Waals surface area contributed by atoms with Crippen LogP contribution in [-0.2, 0) is 4.79 Å². The normalized spacial score (nSPS) is 16.1. The summed E-state index contributed by atoms with van der Waals surface area (Å²) in [7, 11) is 0. The number of hydrogen-bond donors (Lipinski definition) is 2. The Morgan fingerprint density at radius 3 is 2.33 bits per heavy atom. The molecule has 1 aliphatic rings. The summed E-state index contributed by atoms with van der Waals surface area (Å²) >= 11 is 0. The van der Waals surface area contributed by atoms with Crippen LogP contribution in [0.4, 0.5) is 0 Å². The van der Waals surface area contributed by atoms with Crippen LogP contribution >= 0.6 is 0 Å². The molecule has 0 bridgehead atoms. The van der Waals surface area contributed by atoms with Gasteiger partial charge in [0.25, 0.3) is 5.91 Å². The number of amides is 1. The van der Waals surface area contributed by atoms with Crippen molar-refractivity contribution in [1.29, 1.82) is 0 Å². The van der Waals surface area contributed by atoms with E-state index in [2.05, 4.69) is 15.3 Å². The zero-order chi connectivity index (χ0) is 13.3. The van der Waals surface area contributed by atoms with Crippen LogP contribution in [0.5, 0.6) is 0 Å². The van der Waals surface area contributed by atoms with E-state index >= 15 is 0 Å². The number of nitrogens with one attached hydrogen (secondary N) is 1. The lowest BCUT2D eigenvalue weighted by atomic mass is 10.1. The fourth-order valence-electron chi connectivity index (χ4n) is 1.95. The zero-order valence-corrected chi connectivity index (χ0v) is 10.3. The van der Waals surface area contributed by atoms with Crippen molar-refractivity contribution in [1.82, 2.24) is 15.3 Å². The predicted octanol–water partition coefficient (Wildman–Crippen LogP) is 0.686. The lowest BCUT2D eigenvalue weighted by Crippen LogP contribution is -2.43. The molecule has 1 saturated carbocycles. The van der Waals surface area contributed by atoms with E-state index in [0.29, 0.717) is 17.0 Å². The van der Waals surface area contributed by atoms with Crippen molar-refractivity contribution in [2.45, 2.75) is 32.7 Å². The molecule has 2 N–H and O–H groups in total. The summed E-state index contributed by atoms with van der Waals surface area (Å²) in [5.41, 5.74) is 1.48. The minimum absolute atomic E-state index is 0.0525. The summed E-state index contributed by atoms with van der Waals surface area (Å²) in [5.74, 6) is -1.35. The Morgan fingerprint density at radius 2 is 1.89 bits per heavy atom. The van der Waals surface area contributed by atoms with Crippen LogP contribution in [0.1, 0.15) is 34.6 Å². The third-order valence-corrected chi connectivity index (χ3v) is 3.10. The van der Waals surface area contributed by atoms with Gasteiger partial charge in [-0.15, -0.1) is 0 Å². The first-order valence-corrected chi connectivity index (χ1v) is 5.82. The third kappa shape index (κ3) is 2.47. The molecule has 6 heteroatoms. The molecule has 96 valence electrons. The number of hydrogen-bond acceptors (Lipinski definition) is 4. The third-order valence-electron chi connectivity index (χ3n) is 3.10. The number of carbonyl (C=O) groups excluding carboxylic acids is 1. The summed E-state index contributed by atoms with van der Waals surface area (Å²) in [6, 6.07) is -0.809. The highest BCUT2D eigenvalue weighted by Gasteiger charge is 2.37. The van der Waals surface area contributed by atoms with Gasteiger partial charge in [-0.25, -0.2) is 14.8 Å². The molecular weight excluding hydrogens is 234 g/mol. The van der Waals surface area contributed by atoms with Crippen LogP contribution in [0, 0.1) is 19.8 Å². The molecule has 1 fully saturated rings. The number of carbonyl (C=O) groups is 2. The van der Waals surface area contributed by atoms with Crippen LogP contribution in [0.3, 0.4) is 0 Å². The second-order valence-electron chi connectivity index (χ2n) is 4.55. The standard InChI is InChI=1S/C12H15N3O3/c1-6-9(7(2)14-5-13-6)11(16)15-10(12(17)18)8-3-4-8/h5,8,10H,3-4H2,1-2H3,(H,15,16)(H,17,18)/t10-/m0/s1. The fraction of sp³-hybridized carbons (Fsp3) is 0.500. The van der Waals surface area contributed by atoms with E-state index in [0.717, 1.165) is 12.8 Å². The number of carboxylic acid groups (broad SMARTS) is 1. The Bertz CT molecular complexity index is 477. The summed E-state index contributed by atoms with van der Waals surface area (Å²) in [4.78, 5) is 31.1. The molecule has 0 spiro atoms. The van der Waals surface area contributed by atoms with Crippen molar-refractivity contribution in [3.8, 4) is 0 Å². The number of aromatic nitrogens is 2. The van der Waals surface area contributed by atoms with Gasteiger partial charge in [0, 0.05) is 0 Å². The van der Waals surface area contributed by atoms with Crippen molar-refractivity contribution in [2.75, 3.05) is 0 Å². The van der Waals surface area contributed by atoms with E-state index in [9.17, 15) is 9.59 Å². The lowest BCUT2D eigenvalue weighted by Gasteiger charge is -2.15. The number of carboxylic acids is 1. The summed E-state index contributed by atoms with van der Waals surface area (Å²) in [6.45, 7) is 3.41. The van der Waals surface area contributed by atoms with E-state index in [1.165, 1.54) is 6.33 Å². The largest absolute Gasteiger partial charge is 0.480 e. The molecule has 1 atom stereocenters. The highest BCUT2D eigenvalue weighted by Crippen LogP contribution is 2.32. The highest BCUT2D eigenvalue weighted by molar-refractivity contribution is 5.98. The smallest absolute Gasteiger partial charge is 0.326 e. The maximum atomic E-state index is 12.1. The molecular formula is C12H15N3O3. The molecule has 0 aliphatic heterocycles. The van der Waals surface area contributed by atoms with Gasteiger partial charge in [-0.3, -0.25) is 4.79 Å². The maximum Gasteiger partial charge on any atom is 0.326 e. The summed E-state index contributed by atoms with van der Waals surface area (Å²) in [5, 5.41) is 11.6. The van der Waals surface area contributed by atoms with Crippen LogP contribution in [-0.4, -0.2) is 33.0 Å². The van der Waals surface area contributed by atoms with Gasteiger partial charge in [0.15, 0.2) is 0 Å². The van der Waals surface area contributed by atoms with Crippen molar-refractivity contribution in [3.63, 3.8) is 0 Å². The van der Waals surface area contributed by atoms with Crippen molar-refractivity contribution in [2.24, 2.45) is 5.92 Å². The van der Waals surface area contributed by atoms with E-state index in [-0.39, 0.29) is 5.92 Å². The number of nitrogens with zero attached hydrogens (tertiary/aromatic N) is 2. The minimum atomic E-state index is -0.988. The number of aliphatic carboxylic acids is 1. The Kier molecular flexibility index (Phi) is 3.27. The van der Waals surface area contributed by atoms with E-state index in [1.54, 1.807) is 13.8 Å². The molecule has 1 heterocycles.